The van der Waals surface area contributed by atoms with Gasteiger partial charge in [0.05, 0.1) is 38.0 Å². The maximum absolute atomic E-state index is 5.64. The average molecular weight is 305 g/mol. The summed E-state index contributed by atoms with van der Waals surface area (Å²) in [6, 6.07) is 10.2. The number of nitrogens with zero attached hydrogens (tertiary/aromatic N) is 3. The molecule has 0 aliphatic carbocycles. The Hall–Kier alpha value is -2.11. The van der Waals surface area contributed by atoms with Crippen molar-refractivity contribution in [3.63, 3.8) is 0 Å². The van der Waals surface area contributed by atoms with E-state index >= 15 is 0 Å². The number of aromatic nitrogens is 4. The summed E-state index contributed by atoms with van der Waals surface area (Å²) in [4.78, 5) is 7.13. The van der Waals surface area contributed by atoms with Crippen LogP contribution in [-0.2, 0) is 17.9 Å². The van der Waals surface area contributed by atoms with Crippen LogP contribution >= 0.6 is 12.4 Å². The van der Waals surface area contributed by atoms with E-state index in [0.717, 1.165) is 17.8 Å². The molecule has 3 rings (SSSR count). The quantitative estimate of drug-likeness (QED) is 0.712. The third kappa shape index (κ3) is 4.18. The Morgan fingerprint density at radius 3 is 2.81 bits per heavy atom. The molecule has 0 fully saturated rings. The van der Waals surface area contributed by atoms with Crippen molar-refractivity contribution >= 4 is 12.4 Å². The zero-order chi connectivity index (χ0) is 13.6. The highest BCUT2D eigenvalue weighted by molar-refractivity contribution is 5.85. The van der Waals surface area contributed by atoms with E-state index in [-0.39, 0.29) is 12.4 Å². The van der Waals surface area contributed by atoms with Crippen molar-refractivity contribution < 1.29 is 4.74 Å². The molecule has 0 aliphatic heterocycles. The number of rotatable bonds is 6. The van der Waals surface area contributed by atoms with Gasteiger partial charge in [-0.05, 0) is 5.56 Å². The second-order valence-electron chi connectivity index (χ2n) is 4.48. The molecule has 0 saturated carbocycles. The van der Waals surface area contributed by atoms with Gasteiger partial charge < -0.3 is 9.72 Å². The second kappa shape index (κ2) is 7.61. The number of aromatic amines is 1. The predicted molar refractivity (Wildman–Crippen MR) is 83.2 cm³/mol. The van der Waals surface area contributed by atoms with Gasteiger partial charge in [0.1, 0.15) is 0 Å². The molecule has 0 aliphatic rings. The fraction of sp³-hybridized carbons (Fsp3) is 0.200. The minimum absolute atomic E-state index is 0. The van der Waals surface area contributed by atoms with Crippen LogP contribution in [0.15, 0.2) is 55.2 Å². The zero-order valence-electron chi connectivity index (χ0n) is 11.5. The van der Waals surface area contributed by atoms with Crippen molar-refractivity contribution in [2.75, 3.05) is 6.61 Å². The molecule has 0 bridgehead atoms. The number of imidazole rings is 1. The molecule has 2 heterocycles. The van der Waals surface area contributed by atoms with Gasteiger partial charge in [-0.1, -0.05) is 30.3 Å². The molecule has 0 saturated heterocycles. The fourth-order valence-corrected chi connectivity index (χ4v) is 1.96. The SMILES string of the molecule is Cl.c1ccc(COCCn2cc(-c3c[nH]cn3)cn2)cc1. The van der Waals surface area contributed by atoms with Gasteiger partial charge in [0, 0.05) is 18.0 Å². The minimum Gasteiger partial charge on any atom is -0.375 e. The Bertz CT molecular complexity index is 637. The lowest BCUT2D eigenvalue weighted by Crippen LogP contribution is -2.06. The van der Waals surface area contributed by atoms with Crippen LogP contribution in [0, 0.1) is 0 Å². The predicted octanol–water partition coefficient (Wildman–Crippen LogP) is 2.91. The van der Waals surface area contributed by atoms with Crippen molar-refractivity contribution in [1.29, 1.82) is 0 Å². The summed E-state index contributed by atoms with van der Waals surface area (Å²) >= 11 is 0. The van der Waals surface area contributed by atoms with E-state index in [0.29, 0.717) is 13.2 Å². The number of H-pyrrole nitrogens is 1. The molecule has 0 unspecified atom stereocenters. The van der Waals surface area contributed by atoms with Crippen molar-refractivity contribution in [3.05, 3.63) is 60.8 Å². The Labute approximate surface area is 129 Å². The molecule has 0 spiro atoms. The molecule has 0 atom stereocenters. The summed E-state index contributed by atoms with van der Waals surface area (Å²) < 4.78 is 7.51. The summed E-state index contributed by atoms with van der Waals surface area (Å²) in [7, 11) is 0. The van der Waals surface area contributed by atoms with E-state index < -0.39 is 0 Å². The van der Waals surface area contributed by atoms with Gasteiger partial charge in [0.2, 0.25) is 0 Å². The van der Waals surface area contributed by atoms with Crippen molar-refractivity contribution in [2.24, 2.45) is 0 Å². The topological polar surface area (TPSA) is 55.7 Å². The molecule has 2 aromatic heterocycles. The molecule has 5 nitrogen and oxygen atoms in total. The molecule has 6 heteroatoms. The largest absolute Gasteiger partial charge is 0.375 e. The second-order valence-corrected chi connectivity index (χ2v) is 4.48. The maximum Gasteiger partial charge on any atom is 0.0927 e. The monoisotopic (exact) mass is 304 g/mol. The Kier molecular flexibility index (Phi) is 5.54. The van der Waals surface area contributed by atoms with E-state index in [1.165, 1.54) is 5.56 Å². The molecule has 1 aromatic carbocycles. The third-order valence-electron chi connectivity index (χ3n) is 3.00. The van der Waals surface area contributed by atoms with Gasteiger partial charge in [0.25, 0.3) is 0 Å². The molecule has 1 N–H and O–H groups in total. The molecule has 3 aromatic rings. The van der Waals surface area contributed by atoms with Crippen LogP contribution in [0.25, 0.3) is 11.3 Å². The Balaban J connectivity index is 0.00000161. The summed E-state index contributed by atoms with van der Waals surface area (Å²) in [6.07, 6.45) is 7.30. The first kappa shape index (κ1) is 15.3. The lowest BCUT2D eigenvalue weighted by Gasteiger charge is -2.04. The Morgan fingerprint density at radius 1 is 1.19 bits per heavy atom. The average Bonchev–Trinajstić information content (AvgIpc) is 3.15. The lowest BCUT2D eigenvalue weighted by atomic mass is 10.2. The molecule has 110 valence electrons. The van der Waals surface area contributed by atoms with Crippen molar-refractivity contribution in [2.45, 2.75) is 13.2 Å². The lowest BCUT2D eigenvalue weighted by molar-refractivity contribution is 0.111. The first-order valence-electron chi connectivity index (χ1n) is 6.55. The van der Waals surface area contributed by atoms with Crippen LogP contribution in [0.4, 0.5) is 0 Å². The molecular weight excluding hydrogens is 288 g/mol. The van der Waals surface area contributed by atoms with E-state index in [1.54, 1.807) is 6.33 Å². The standard InChI is InChI=1S/C15H16N4O.ClH/c1-2-4-13(5-3-1)11-20-7-6-19-10-14(8-18-19)15-9-16-12-17-15;/h1-5,8-10,12H,6-7,11H2,(H,16,17);1H. The number of hydrogen-bond acceptors (Lipinski definition) is 3. The molecule has 0 amide bonds. The molecular formula is C15H17ClN4O. The summed E-state index contributed by atoms with van der Waals surface area (Å²) in [5.41, 5.74) is 3.10. The third-order valence-corrected chi connectivity index (χ3v) is 3.00. The van der Waals surface area contributed by atoms with E-state index in [9.17, 15) is 0 Å². The fourth-order valence-electron chi connectivity index (χ4n) is 1.96. The first-order valence-corrected chi connectivity index (χ1v) is 6.55. The highest BCUT2D eigenvalue weighted by Gasteiger charge is 2.03. The van der Waals surface area contributed by atoms with Gasteiger partial charge in [-0.15, -0.1) is 12.4 Å². The summed E-state index contributed by atoms with van der Waals surface area (Å²) in [6.45, 7) is 2.00. The van der Waals surface area contributed by atoms with Gasteiger partial charge >= 0.3 is 0 Å². The number of hydrogen-bond donors (Lipinski definition) is 1. The highest BCUT2D eigenvalue weighted by atomic mass is 35.5. The molecule has 21 heavy (non-hydrogen) atoms. The van der Waals surface area contributed by atoms with E-state index in [4.69, 9.17) is 4.74 Å². The van der Waals surface area contributed by atoms with Crippen LogP contribution in [0.5, 0.6) is 0 Å². The van der Waals surface area contributed by atoms with Crippen LogP contribution < -0.4 is 0 Å². The number of nitrogens with one attached hydrogen (secondary N) is 1. The highest BCUT2D eigenvalue weighted by Crippen LogP contribution is 2.13. The number of ether oxygens (including phenoxy) is 1. The van der Waals surface area contributed by atoms with E-state index in [2.05, 4.69) is 27.2 Å². The normalized spacial score (nSPS) is 10.3. The van der Waals surface area contributed by atoms with Crippen LogP contribution in [0.2, 0.25) is 0 Å². The summed E-state index contributed by atoms with van der Waals surface area (Å²) in [5, 5.41) is 4.30. The molecule has 0 radical (unpaired) electrons. The van der Waals surface area contributed by atoms with E-state index in [1.807, 2.05) is 41.5 Å². The number of benzene rings is 1. The van der Waals surface area contributed by atoms with Crippen molar-refractivity contribution in [3.8, 4) is 11.3 Å². The van der Waals surface area contributed by atoms with Crippen LogP contribution in [-0.4, -0.2) is 26.4 Å². The van der Waals surface area contributed by atoms with Crippen LogP contribution in [0.3, 0.4) is 0 Å². The minimum atomic E-state index is 0. The first-order chi connectivity index (χ1) is 9.92. The van der Waals surface area contributed by atoms with Crippen molar-refractivity contribution in [1.82, 2.24) is 19.7 Å². The van der Waals surface area contributed by atoms with Gasteiger partial charge in [-0.25, -0.2) is 4.98 Å². The van der Waals surface area contributed by atoms with Gasteiger partial charge in [-0.3, -0.25) is 4.68 Å². The Morgan fingerprint density at radius 2 is 2.05 bits per heavy atom. The van der Waals surface area contributed by atoms with Gasteiger partial charge in [-0.2, -0.15) is 5.10 Å². The summed E-state index contributed by atoms with van der Waals surface area (Å²) in [5.74, 6) is 0. The van der Waals surface area contributed by atoms with Gasteiger partial charge in [0.15, 0.2) is 0 Å². The van der Waals surface area contributed by atoms with Crippen LogP contribution in [0.1, 0.15) is 5.56 Å². The maximum atomic E-state index is 5.64. The smallest absolute Gasteiger partial charge is 0.0927 e. The number of halogens is 1. The zero-order valence-corrected chi connectivity index (χ0v) is 12.3.